The number of fused-ring (bicyclic) bond motifs is 1. The van der Waals surface area contributed by atoms with Crippen molar-refractivity contribution >= 4 is 34.8 Å². The van der Waals surface area contributed by atoms with Gasteiger partial charge >= 0.3 is 5.63 Å². The van der Waals surface area contributed by atoms with Crippen LogP contribution in [0, 0.1) is 13.8 Å². The fourth-order valence-electron chi connectivity index (χ4n) is 4.04. The highest BCUT2D eigenvalue weighted by molar-refractivity contribution is 7.79. The van der Waals surface area contributed by atoms with Gasteiger partial charge in [0.05, 0.1) is 12.7 Å². The summed E-state index contributed by atoms with van der Waals surface area (Å²) in [6.07, 6.45) is 0. The second-order valence-corrected chi connectivity index (χ2v) is 10.6. The van der Waals surface area contributed by atoms with E-state index in [2.05, 4.69) is 74.5 Å². The Morgan fingerprint density at radius 3 is 1.74 bits per heavy atom. The van der Waals surface area contributed by atoms with E-state index >= 15 is 0 Å². The Morgan fingerprint density at radius 2 is 1.21 bits per heavy atom. The minimum absolute atomic E-state index is 0.354. The molecule has 34 heavy (non-hydrogen) atoms. The number of methoxy groups -OCH3 is 1. The molecule has 168 valence electrons. The van der Waals surface area contributed by atoms with Gasteiger partial charge < -0.3 is 9.15 Å². The molecule has 0 unspecified atom stereocenters. The van der Waals surface area contributed by atoms with E-state index in [-0.39, 0.29) is 5.63 Å². The number of ether oxygens (including phenoxy) is 1. The molecular weight excluding hydrogens is 439 g/mol. The average Bonchev–Trinajstić information content (AvgIpc) is 2.86. The van der Waals surface area contributed by atoms with Crippen LogP contribution in [-0.2, 0) is 0 Å². The van der Waals surface area contributed by atoms with Gasteiger partial charge in [-0.15, -0.1) is 0 Å². The summed E-state index contributed by atoms with van der Waals surface area (Å²) in [5, 5.41) is 4.70. The molecule has 0 spiro atoms. The van der Waals surface area contributed by atoms with Crippen molar-refractivity contribution in [3.8, 4) is 16.9 Å². The van der Waals surface area contributed by atoms with E-state index in [1.807, 2.05) is 30.3 Å². The number of hydrogen-bond acceptors (Lipinski definition) is 3. The first-order chi connectivity index (χ1) is 16.5. The van der Waals surface area contributed by atoms with Crippen molar-refractivity contribution in [1.82, 2.24) is 0 Å². The third kappa shape index (κ3) is 4.40. The van der Waals surface area contributed by atoms with Gasteiger partial charge in [0.25, 0.3) is 0 Å². The molecule has 0 saturated carbocycles. The van der Waals surface area contributed by atoms with Gasteiger partial charge in [0.2, 0.25) is 0 Å². The zero-order valence-electron chi connectivity index (χ0n) is 19.4. The Bertz CT molecular complexity index is 1450. The lowest BCUT2D eigenvalue weighted by Crippen LogP contribution is -2.20. The van der Waals surface area contributed by atoms with Gasteiger partial charge in [-0.1, -0.05) is 83.9 Å². The molecule has 4 heteroatoms. The molecule has 0 bridgehead atoms. The van der Waals surface area contributed by atoms with Gasteiger partial charge in [-0.25, -0.2) is 4.79 Å². The monoisotopic (exact) mass is 464 g/mol. The van der Waals surface area contributed by atoms with Gasteiger partial charge in [-0.05, 0) is 61.4 Å². The molecule has 0 fully saturated rings. The van der Waals surface area contributed by atoms with Crippen LogP contribution in [0.1, 0.15) is 11.1 Å². The van der Waals surface area contributed by atoms with Crippen molar-refractivity contribution in [1.29, 1.82) is 0 Å². The molecule has 0 radical (unpaired) electrons. The quantitative estimate of drug-likeness (QED) is 0.242. The lowest BCUT2D eigenvalue weighted by molar-refractivity contribution is 0.414. The third-order valence-electron chi connectivity index (χ3n) is 5.96. The Morgan fingerprint density at radius 1 is 0.676 bits per heavy atom. The van der Waals surface area contributed by atoms with Crippen molar-refractivity contribution in [2.45, 2.75) is 13.8 Å². The Kier molecular flexibility index (Phi) is 6.04. The summed E-state index contributed by atoms with van der Waals surface area (Å²) in [6, 6.07) is 33.3. The molecule has 0 aliphatic rings. The first-order valence-corrected chi connectivity index (χ1v) is 12.5. The van der Waals surface area contributed by atoms with E-state index in [0.29, 0.717) is 16.9 Å². The molecule has 3 nitrogen and oxygen atoms in total. The first-order valence-electron chi connectivity index (χ1n) is 11.2. The van der Waals surface area contributed by atoms with Crippen molar-refractivity contribution < 1.29 is 9.15 Å². The Hall–Kier alpha value is -3.68. The van der Waals surface area contributed by atoms with E-state index in [0.717, 1.165) is 10.9 Å². The predicted octanol–water partition coefficient (Wildman–Crippen LogP) is 5.84. The molecular formula is C30H25O3P. The Labute approximate surface area is 200 Å². The van der Waals surface area contributed by atoms with E-state index in [4.69, 9.17) is 9.15 Å². The highest BCUT2D eigenvalue weighted by atomic mass is 31.1. The highest BCUT2D eigenvalue weighted by Crippen LogP contribution is 2.34. The van der Waals surface area contributed by atoms with Crippen LogP contribution in [0.25, 0.3) is 22.1 Å². The van der Waals surface area contributed by atoms with Crippen LogP contribution in [-0.4, -0.2) is 7.11 Å². The molecule has 0 N–H and O–H groups in total. The molecule has 5 rings (SSSR count). The fraction of sp³-hybridized carbons (Fsp3) is 0.100. The van der Waals surface area contributed by atoms with E-state index in [1.165, 1.54) is 27.0 Å². The standard InChI is InChI=1S/C30H25O3P/c1-20-4-12-25(13-5-20)34(26-14-6-21(2)7-15-26)27-16-9-22(10-17-27)28-18-23-8-11-24(32-3)19-29(23)33-30(28)31/h4-19H,1-3H3. The normalized spacial score (nSPS) is 11.2. The number of benzene rings is 4. The molecule has 0 aliphatic heterocycles. The van der Waals surface area contributed by atoms with Crippen molar-refractivity contribution in [3.63, 3.8) is 0 Å². The molecule has 0 atom stereocenters. The maximum Gasteiger partial charge on any atom is 0.344 e. The molecule has 0 aliphatic carbocycles. The number of aryl methyl sites for hydroxylation is 2. The minimum Gasteiger partial charge on any atom is -0.497 e. The summed E-state index contributed by atoms with van der Waals surface area (Å²) in [7, 11) is 0.885. The van der Waals surface area contributed by atoms with Crippen molar-refractivity contribution in [3.05, 3.63) is 119 Å². The topological polar surface area (TPSA) is 39.4 Å². The molecule has 5 aromatic rings. The lowest BCUT2D eigenvalue weighted by Gasteiger charge is -2.20. The molecule has 0 saturated heterocycles. The van der Waals surface area contributed by atoms with Crippen molar-refractivity contribution in [2.75, 3.05) is 7.11 Å². The van der Waals surface area contributed by atoms with Gasteiger partial charge in [-0.2, -0.15) is 0 Å². The molecule has 0 amide bonds. The smallest absolute Gasteiger partial charge is 0.344 e. The van der Waals surface area contributed by atoms with Crippen LogP contribution >= 0.6 is 7.92 Å². The van der Waals surface area contributed by atoms with Gasteiger partial charge in [0.15, 0.2) is 0 Å². The zero-order chi connectivity index (χ0) is 23.7. The SMILES string of the molecule is COc1ccc2cc(-c3ccc(P(c4ccc(C)cc4)c4ccc(C)cc4)cc3)c(=O)oc2c1. The van der Waals surface area contributed by atoms with E-state index in [1.54, 1.807) is 13.2 Å². The lowest BCUT2D eigenvalue weighted by atomic mass is 10.1. The summed E-state index contributed by atoms with van der Waals surface area (Å²) in [5.74, 6) is 0.660. The number of hydrogen-bond donors (Lipinski definition) is 0. The summed E-state index contributed by atoms with van der Waals surface area (Å²) >= 11 is 0. The van der Waals surface area contributed by atoms with E-state index in [9.17, 15) is 4.79 Å². The van der Waals surface area contributed by atoms with Crippen LogP contribution in [0.15, 0.2) is 106 Å². The summed E-state index contributed by atoms with van der Waals surface area (Å²) in [5.41, 5.74) is 4.06. The third-order valence-corrected chi connectivity index (χ3v) is 8.41. The van der Waals surface area contributed by atoms with Gasteiger partial charge in [-0.3, -0.25) is 0 Å². The zero-order valence-corrected chi connectivity index (χ0v) is 20.3. The van der Waals surface area contributed by atoms with Crippen LogP contribution in [0.5, 0.6) is 5.75 Å². The summed E-state index contributed by atoms with van der Waals surface area (Å²) in [6.45, 7) is 4.22. The van der Waals surface area contributed by atoms with Crippen molar-refractivity contribution in [2.24, 2.45) is 0 Å². The Balaban J connectivity index is 1.56. The van der Waals surface area contributed by atoms with Crippen LogP contribution in [0.3, 0.4) is 0 Å². The van der Waals surface area contributed by atoms with Gasteiger partial charge in [0, 0.05) is 11.5 Å². The second-order valence-electron chi connectivity index (χ2n) is 8.40. The first kappa shape index (κ1) is 22.1. The highest BCUT2D eigenvalue weighted by Gasteiger charge is 2.17. The largest absolute Gasteiger partial charge is 0.497 e. The number of rotatable bonds is 5. The van der Waals surface area contributed by atoms with Crippen LogP contribution in [0.2, 0.25) is 0 Å². The van der Waals surface area contributed by atoms with Crippen LogP contribution in [0.4, 0.5) is 0 Å². The predicted molar refractivity (Wildman–Crippen MR) is 143 cm³/mol. The molecule has 4 aromatic carbocycles. The molecule has 1 heterocycles. The maximum absolute atomic E-state index is 12.8. The fourth-order valence-corrected chi connectivity index (χ4v) is 6.28. The average molecular weight is 465 g/mol. The van der Waals surface area contributed by atoms with E-state index < -0.39 is 7.92 Å². The molecule has 1 aromatic heterocycles. The minimum atomic E-state index is -0.709. The summed E-state index contributed by atoms with van der Waals surface area (Å²) in [4.78, 5) is 12.8. The maximum atomic E-state index is 12.8. The van der Waals surface area contributed by atoms with Crippen LogP contribution < -0.4 is 26.3 Å². The summed E-state index contributed by atoms with van der Waals surface area (Å²) < 4.78 is 10.8. The van der Waals surface area contributed by atoms with Gasteiger partial charge in [0.1, 0.15) is 11.3 Å². The second kappa shape index (κ2) is 9.29.